The van der Waals surface area contributed by atoms with E-state index in [2.05, 4.69) is 37.5 Å². The first kappa shape index (κ1) is 29.6. The molecule has 0 aliphatic carbocycles. The van der Waals surface area contributed by atoms with E-state index in [1.54, 1.807) is 24.3 Å². The summed E-state index contributed by atoms with van der Waals surface area (Å²) in [4.78, 5) is 32.2. The van der Waals surface area contributed by atoms with Gasteiger partial charge in [-0.05, 0) is 12.1 Å². The first-order valence-electron chi connectivity index (χ1n) is 14.1. The number of methoxy groups -OCH3 is 1. The number of hydrogen-bond acceptors (Lipinski definition) is 10. The molecule has 0 spiro atoms. The van der Waals surface area contributed by atoms with Crippen molar-refractivity contribution in [1.82, 2.24) is 34.9 Å². The third-order valence-corrected chi connectivity index (χ3v) is 8.17. The van der Waals surface area contributed by atoms with Crippen molar-refractivity contribution >= 4 is 45.1 Å². The molecule has 228 valence electrons. The second-order valence-corrected chi connectivity index (χ2v) is 10.8. The van der Waals surface area contributed by atoms with Gasteiger partial charge in [-0.25, -0.2) is 9.37 Å². The second kappa shape index (κ2) is 12.6. The van der Waals surface area contributed by atoms with Crippen LogP contribution >= 0.6 is 11.6 Å². The standard InChI is InChI=1S/C30H30ClFN8O4/c1-4-6-9-38-16-22(42-3)23(17-38)43-30-35-26-18(28(36-30)40-12-10-39(11-13-40)24(41)5-2)7-8-33-29(26)44-27-19-15-34-37-21(19)14-20(32)25(27)31/h1,5,7-8,14-15,22-23H,2,6,9-13,16-17H2,3H3,(H,34,37)/t22-,23-/m1/s1. The number of amides is 1. The lowest BCUT2D eigenvalue weighted by Crippen LogP contribution is -2.48. The molecule has 5 heterocycles. The average Bonchev–Trinajstić information content (AvgIpc) is 3.68. The topological polar surface area (TPSA) is 122 Å². The molecule has 2 aliphatic rings. The van der Waals surface area contributed by atoms with Crippen LogP contribution in [0.4, 0.5) is 10.2 Å². The van der Waals surface area contributed by atoms with Crippen molar-refractivity contribution in [3.63, 3.8) is 0 Å². The van der Waals surface area contributed by atoms with Crippen molar-refractivity contribution in [2.75, 3.05) is 57.8 Å². The number of aromatic nitrogens is 5. The molecule has 0 bridgehead atoms. The summed E-state index contributed by atoms with van der Waals surface area (Å²) in [5.41, 5.74) is 0.750. The molecule has 2 saturated heterocycles. The number of likely N-dealkylation sites (tertiary alicyclic amines) is 1. The Hall–Kier alpha value is -4.51. The number of piperazine rings is 1. The zero-order chi connectivity index (χ0) is 30.8. The average molecular weight is 621 g/mol. The van der Waals surface area contributed by atoms with Gasteiger partial charge in [-0.3, -0.25) is 14.8 Å². The third kappa shape index (κ3) is 5.71. The fourth-order valence-electron chi connectivity index (χ4n) is 5.53. The molecule has 3 aromatic heterocycles. The molecule has 2 atom stereocenters. The lowest BCUT2D eigenvalue weighted by molar-refractivity contribution is -0.126. The highest BCUT2D eigenvalue weighted by Crippen LogP contribution is 2.40. The van der Waals surface area contributed by atoms with E-state index in [1.807, 2.05) is 0 Å². The van der Waals surface area contributed by atoms with Crippen LogP contribution in [0, 0.1) is 18.2 Å². The van der Waals surface area contributed by atoms with E-state index in [0.717, 1.165) is 0 Å². The predicted octanol–water partition coefficient (Wildman–Crippen LogP) is 3.42. The van der Waals surface area contributed by atoms with Gasteiger partial charge in [0.2, 0.25) is 11.8 Å². The van der Waals surface area contributed by atoms with Crippen LogP contribution in [0.1, 0.15) is 6.42 Å². The number of ether oxygens (including phenoxy) is 3. The monoisotopic (exact) mass is 620 g/mol. The highest BCUT2D eigenvalue weighted by atomic mass is 35.5. The number of H-pyrrole nitrogens is 1. The molecule has 1 N–H and O–H groups in total. The zero-order valence-corrected chi connectivity index (χ0v) is 24.8. The van der Waals surface area contributed by atoms with Gasteiger partial charge in [0.15, 0.2) is 5.75 Å². The number of carbonyl (C=O) groups is 1. The fourth-order valence-corrected chi connectivity index (χ4v) is 5.72. The molecule has 2 aliphatic heterocycles. The van der Waals surface area contributed by atoms with Crippen LogP contribution in [-0.2, 0) is 9.53 Å². The molecule has 0 unspecified atom stereocenters. The van der Waals surface area contributed by atoms with Crippen LogP contribution in [0.25, 0.3) is 21.8 Å². The van der Waals surface area contributed by atoms with Gasteiger partial charge in [0.05, 0.1) is 22.5 Å². The first-order chi connectivity index (χ1) is 21.4. The molecule has 44 heavy (non-hydrogen) atoms. The minimum atomic E-state index is -0.675. The van der Waals surface area contributed by atoms with Gasteiger partial charge in [-0.15, -0.1) is 12.3 Å². The highest BCUT2D eigenvalue weighted by Gasteiger charge is 2.35. The number of benzene rings is 1. The Balaban J connectivity index is 1.40. The second-order valence-electron chi connectivity index (χ2n) is 10.4. The molecule has 0 saturated carbocycles. The van der Waals surface area contributed by atoms with Crippen molar-refractivity contribution in [3.05, 3.63) is 48.0 Å². The predicted molar refractivity (Wildman–Crippen MR) is 163 cm³/mol. The number of nitrogens with zero attached hydrogens (tertiary/aromatic N) is 7. The Bertz CT molecular complexity index is 1750. The lowest BCUT2D eigenvalue weighted by Gasteiger charge is -2.35. The summed E-state index contributed by atoms with van der Waals surface area (Å²) in [5.74, 6) is 2.58. The van der Waals surface area contributed by atoms with Crippen molar-refractivity contribution in [2.45, 2.75) is 18.6 Å². The van der Waals surface area contributed by atoms with E-state index in [9.17, 15) is 9.18 Å². The number of aromatic amines is 1. The lowest BCUT2D eigenvalue weighted by atomic mass is 10.2. The maximum Gasteiger partial charge on any atom is 0.319 e. The maximum atomic E-state index is 14.7. The zero-order valence-electron chi connectivity index (χ0n) is 24.0. The summed E-state index contributed by atoms with van der Waals surface area (Å²) in [6.07, 6.45) is 9.86. The maximum absolute atomic E-state index is 14.7. The van der Waals surface area contributed by atoms with Gasteiger partial charge in [-0.1, -0.05) is 18.2 Å². The molecule has 1 aromatic carbocycles. The number of hydrogen-bond donors (Lipinski definition) is 1. The SMILES string of the molecule is C#CCCN1C[C@@H](OC)[C@H](Oc2nc(N3CCN(C(=O)C=C)CC3)c3ccnc(Oc4c(Cl)c(F)cc5[nH]ncc45)c3n2)C1. The number of halogens is 2. The van der Waals surface area contributed by atoms with Crippen molar-refractivity contribution in [1.29, 1.82) is 0 Å². The Morgan fingerprint density at radius 1 is 1.25 bits per heavy atom. The van der Waals surface area contributed by atoms with Crippen molar-refractivity contribution < 1.29 is 23.4 Å². The van der Waals surface area contributed by atoms with Gasteiger partial charge in [-0.2, -0.15) is 15.1 Å². The number of anilines is 1. The normalized spacial score (nSPS) is 19.0. The van der Waals surface area contributed by atoms with E-state index >= 15 is 0 Å². The van der Waals surface area contributed by atoms with Gasteiger partial charge >= 0.3 is 6.01 Å². The van der Waals surface area contributed by atoms with Gasteiger partial charge in [0, 0.05) is 71.6 Å². The molecular formula is C30H30ClFN8O4. The summed E-state index contributed by atoms with van der Waals surface area (Å²) in [5, 5.41) is 7.62. The minimum absolute atomic E-state index is 0.0500. The van der Waals surface area contributed by atoms with Crippen LogP contribution in [0.15, 0.2) is 37.2 Å². The van der Waals surface area contributed by atoms with Crippen LogP contribution in [0.2, 0.25) is 5.02 Å². The number of rotatable bonds is 9. The Labute approximate surface area is 257 Å². The van der Waals surface area contributed by atoms with Crippen molar-refractivity contribution in [2.24, 2.45) is 0 Å². The number of terminal acetylenes is 1. The molecule has 14 heteroatoms. The van der Waals surface area contributed by atoms with Crippen LogP contribution in [-0.4, -0.2) is 106 Å². The number of nitrogens with one attached hydrogen (secondary N) is 1. The van der Waals surface area contributed by atoms with E-state index in [0.29, 0.717) is 79.9 Å². The molecule has 2 fully saturated rings. The van der Waals surface area contributed by atoms with E-state index in [-0.39, 0.29) is 40.8 Å². The molecule has 0 radical (unpaired) electrons. The molecule has 6 rings (SSSR count). The number of carbonyl (C=O) groups excluding carboxylic acids is 1. The summed E-state index contributed by atoms with van der Waals surface area (Å²) in [6, 6.07) is 3.12. The van der Waals surface area contributed by atoms with Crippen LogP contribution in [0.5, 0.6) is 17.6 Å². The highest BCUT2D eigenvalue weighted by molar-refractivity contribution is 6.33. The van der Waals surface area contributed by atoms with E-state index < -0.39 is 5.82 Å². The molecule has 1 amide bonds. The van der Waals surface area contributed by atoms with E-state index in [4.69, 9.17) is 42.2 Å². The van der Waals surface area contributed by atoms with Crippen LogP contribution in [0.3, 0.4) is 0 Å². The molecule has 12 nitrogen and oxygen atoms in total. The first-order valence-corrected chi connectivity index (χ1v) is 14.4. The Kier molecular flexibility index (Phi) is 8.47. The largest absolute Gasteiger partial charge is 0.456 e. The third-order valence-electron chi connectivity index (χ3n) is 7.82. The Morgan fingerprint density at radius 2 is 2.05 bits per heavy atom. The van der Waals surface area contributed by atoms with E-state index in [1.165, 1.54) is 18.3 Å². The minimum Gasteiger partial charge on any atom is -0.456 e. The quantitative estimate of drug-likeness (QED) is 0.220. The summed E-state index contributed by atoms with van der Waals surface area (Å²) >= 11 is 6.36. The smallest absolute Gasteiger partial charge is 0.319 e. The van der Waals surface area contributed by atoms with Crippen molar-refractivity contribution in [3.8, 4) is 30.0 Å². The van der Waals surface area contributed by atoms with Gasteiger partial charge < -0.3 is 24.0 Å². The summed E-state index contributed by atoms with van der Waals surface area (Å²) in [7, 11) is 1.64. The van der Waals surface area contributed by atoms with Crippen LogP contribution < -0.4 is 14.4 Å². The summed E-state index contributed by atoms with van der Waals surface area (Å²) < 4.78 is 33.0. The number of pyridine rings is 1. The molecular weight excluding hydrogens is 591 g/mol. The van der Waals surface area contributed by atoms with Gasteiger partial charge in [0.25, 0.3) is 0 Å². The van der Waals surface area contributed by atoms with Gasteiger partial charge in [0.1, 0.15) is 34.4 Å². The number of fused-ring (bicyclic) bond motifs is 2. The molecule has 4 aromatic rings. The fraction of sp³-hybridized carbons (Fsp3) is 0.367. The summed E-state index contributed by atoms with van der Waals surface area (Å²) in [6.45, 7) is 7.53. The Morgan fingerprint density at radius 3 is 2.80 bits per heavy atom.